The van der Waals surface area contributed by atoms with Crippen molar-refractivity contribution in [2.75, 3.05) is 0 Å². The van der Waals surface area contributed by atoms with Crippen LogP contribution in [-0.2, 0) is 0 Å². The van der Waals surface area contributed by atoms with Gasteiger partial charge in [-0.05, 0) is 31.0 Å². The summed E-state index contributed by atoms with van der Waals surface area (Å²) in [6.45, 7) is 7.11. The van der Waals surface area contributed by atoms with Crippen LogP contribution in [0.1, 0.15) is 18.1 Å². The molecule has 0 atom stereocenters. The van der Waals surface area contributed by atoms with Gasteiger partial charge in [0.05, 0.1) is 0 Å². The number of rotatable bonds is 2. The van der Waals surface area contributed by atoms with E-state index in [1.54, 1.807) is 19.1 Å². The quantitative estimate of drug-likeness (QED) is 0.627. The molecule has 0 saturated heterocycles. The van der Waals surface area contributed by atoms with Gasteiger partial charge < -0.3 is 0 Å². The van der Waals surface area contributed by atoms with Crippen LogP contribution in [0.5, 0.6) is 0 Å². The molecule has 0 aliphatic carbocycles. The Hall–Kier alpha value is -1.44. The fraction of sp³-hybridized carbons (Fsp3) is 0.167. The molecule has 0 saturated carbocycles. The smallest absolute Gasteiger partial charge is 0.129 e. The van der Waals surface area contributed by atoms with Crippen LogP contribution in [0, 0.1) is 18.6 Å². The molecule has 74 valence electrons. The van der Waals surface area contributed by atoms with Crippen molar-refractivity contribution in [2.45, 2.75) is 13.8 Å². The first-order valence-electron chi connectivity index (χ1n) is 4.30. The van der Waals surface area contributed by atoms with Crippen LogP contribution in [0.15, 0.2) is 30.4 Å². The molecule has 2 heteroatoms. The molecular formula is C12H12F2. The molecule has 0 unspecified atom stereocenters. The third-order valence-corrected chi connectivity index (χ3v) is 1.90. The van der Waals surface area contributed by atoms with Crippen molar-refractivity contribution >= 4 is 6.08 Å². The minimum atomic E-state index is -0.561. The van der Waals surface area contributed by atoms with E-state index in [0.29, 0.717) is 11.1 Å². The van der Waals surface area contributed by atoms with Gasteiger partial charge >= 0.3 is 0 Å². The van der Waals surface area contributed by atoms with Gasteiger partial charge in [-0.1, -0.05) is 24.3 Å². The highest BCUT2D eigenvalue weighted by atomic mass is 19.1. The SMILES string of the molecule is C=C(C)/C=C\c1cc(F)cc(F)c1C. The van der Waals surface area contributed by atoms with Gasteiger partial charge in [0.15, 0.2) is 0 Å². The molecule has 1 aromatic rings. The lowest BCUT2D eigenvalue weighted by molar-refractivity contribution is 0.577. The molecule has 0 heterocycles. The van der Waals surface area contributed by atoms with Crippen molar-refractivity contribution in [1.82, 2.24) is 0 Å². The van der Waals surface area contributed by atoms with Gasteiger partial charge in [0.1, 0.15) is 11.6 Å². The van der Waals surface area contributed by atoms with Crippen LogP contribution >= 0.6 is 0 Å². The largest absolute Gasteiger partial charge is 0.207 e. The lowest BCUT2D eigenvalue weighted by Gasteiger charge is -2.02. The summed E-state index contributed by atoms with van der Waals surface area (Å²) in [5, 5.41) is 0. The van der Waals surface area contributed by atoms with E-state index in [0.717, 1.165) is 11.6 Å². The summed E-state index contributed by atoms with van der Waals surface area (Å²) < 4.78 is 25.9. The molecule has 0 radical (unpaired) electrons. The fourth-order valence-electron chi connectivity index (χ4n) is 1.07. The standard InChI is InChI=1S/C12H12F2/c1-8(2)4-5-10-6-11(13)7-12(14)9(10)3/h4-7H,1H2,2-3H3/b5-4-. The normalized spacial score (nSPS) is 10.9. The maximum absolute atomic E-state index is 13.1. The lowest BCUT2D eigenvalue weighted by Crippen LogP contribution is -1.89. The number of halogens is 2. The number of allylic oxidation sites excluding steroid dienone is 2. The van der Waals surface area contributed by atoms with E-state index in [1.165, 1.54) is 6.07 Å². The van der Waals surface area contributed by atoms with Crippen molar-refractivity contribution in [3.05, 3.63) is 53.1 Å². The number of benzene rings is 1. The van der Waals surface area contributed by atoms with E-state index in [1.807, 2.05) is 6.92 Å². The summed E-state index contributed by atoms with van der Waals surface area (Å²) in [5.74, 6) is -1.08. The second-order valence-electron chi connectivity index (χ2n) is 3.28. The third kappa shape index (κ3) is 2.52. The van der Waals surface area contributed by atoms with Crippen molar-refractivity contribution < 1.29 is 8.78 Å². The van der Waals surface area contributed by atoms with E-state index >= 15 is 0 Å². The molecule has 0 amide bonds. The van der Waals surface area contributed by atoms with Crippen molar-refractivity contribution in [3.8, 4) is 0 Å². The molecule has 0 nitrogen and oxygen atoms in total. The zero-order valence-electron chi connectivity index (χ0n) is 8.27. The van der Waals surface area contributed by atoms with Gasteiger partial charge in [-0.15, -0.1) is 0 Å². The van der Waals surface area contributed by atoms with Crippen molar-refractivity contribution in [2.24, 2.45) is 0 Å². The number of hydrogen-bond donors (Lipinski definition) is 0. The Morgan fingerprint density at radius 2 is 2.00 bits per heavy atom. The molecule has 1 rings (SSSR count). The monoisotopic (exact) mass is 194 g/mol. The maximum atomic E-state index is 13.1. The van der Waals surface area contributed by atoms with E-state index in [4.69, 9.17) is 0 Å². The van der Waals surface area contributed by atoms with Crippen LogP contribution in [0.25, 0.3) is 6.08 Å². The lowest BCUT2D eigenvalue weighted by atomic mass is 10.1. The zero-order chi connectivity index (χ0) is 10.7. The summed E-state index contributed by atoms with van der Waals surface area (Å²) >= 11 is 0. The molecule has 0 bridgehead atoms. The van der Waals surface area contributed by atoms with E-state index in [2.05, 4.69) is 6.58 Å². The van der Waals surface area contributed by atoms with Crippen LogP contribution < -0.4 is 0 Å². The first-order chi connectivity index (χ1) is 6.50. The molecule has 0 aromatic heterocycles. The Labute approximate surface area is 82.6 Å². The highest BCUT2D eigenvalue weighted by Gasteiger charge is 2.04. The van der Waals surface area contributed by atoms with Gasteiger partial charge in [0, 0.05) is 6.07 Å². The van der Waals surface area contributed by atoms with Crippen molar-refractivity contribution in [3.63, 3.8) is 0 Å². The average molecular weight is 194 g/mol. The molecule has 0 spiro atoms. The highest BCUT2D eigenvalue weighted by Crippen LogP contribution is 2.16. The first kappa shape index (κ1) is 10.6. The Morgan fingerprint density at radius 3 is 2.57 bits per heavy atom. The molecule has 0 aliphatic rings. The van der Waals surface area contributed by atoms with Gasteiger partial charge in [0.25, 0.3) is 0 Å². The predicted octanol–water partition coefficient (Wildman–Crippen LogP) is 3.86. The Balaban J connectivity index is 3.14. The van der Waals surface area contributed by atoms with Gasteiger partial charge in [-0.2, -0.15) is 0 Å². The van der Waals surface area contributed by atoms with Crippen LogP contribution in [-0.4, -0.2) is 0 Å². The molecule has 14 heavy (non-hydrogen) atoms. The van der Waals surface area contributed by atoms with E-state index < -0.39 is 11.6 Å². The summed E-state index contributed by atoms with van der Waals surface area (Å²) in [4.78, 5) is 0. The summed E-state index contributed by atoms with van der Waals surface area (Å²) in [7, 11) is 0. The van der Waals surface area contributed by atoms with Crippen molar-refractivity contribution in [1.29, 1.82) is 0 Å². The number of hydrogen-bond acceptors (Lipinski definition) is 0. The minimum Gasteiger partial charge on any atom is -0.207 e. The Bertz CT molecular complexity index is 390. The summed E-state index contributed by atoms with van der Waals surface area (Å²) in [6, 6.07) is 2.19. The second-order valence-corrected chi connectivity index (χ2v) is 3.28. The molecule has 0 aliphatic heterocycles. The zero-order valence-corrected chi connectivity index (χ0v) is 8.27. The molecule has 1 aromatic carbocycles. The van der Waals surface area contributed by atoms with Crippen LogP contribution in [0.4, 0.5) is 8.78 Å². The first-order valence-corrected chi connectivity index (χ1v) is 4.30. The topological polar surface area (TPSA) is 0 Å². The van der Waals surface area contributed by atoms with Gasteiger partial charge in [0.2, 0.25) is 0 Å². The van der Waals surface area contributed by atoms with E-state index in [-0.39, 0.29) is 0 Å². The summed E-state index contributed by atoms with van der Waals surface area (Å²) in [6.07, 6.45) is 3.38. The molecular weight excluding hydrogens is 182 g/mol. The maximum Gasteiger partial charge on any atom is 0.129 e. The van der Waals surface area contributed by atoms with Crippen LogP contribution in [0.2, 0.25) is 0 Å². The Morgan fingerprint density at radius 1 is 1.36 bits per heavy atom. The van der Waals surface area contributed by atoms with Gasteiger partial charge in [-0.25, -0.2) is 8.78 Å². The van der Waals surface area contributed by atoms with E-state index in [9.17, 15) is 8.78 Å². The highest BCUT2D eigenvalue weighted by molar-refractivity contribution is 5.56. The minimum absolute atomic E-state index is 0.448. The third-order valence-electron chi connectivity index (χ3n) is 1.90. The fourth-order valence-corrected chi connectivity index (χ4v) is 1.07. The molecule has 0 N–H and O–H groups in total. The summed E-state index contributed by atoms with van der Waals surface area (Å²) in [5.41, 5.74) is 1.84. The Kier molecular flexibility index (Phi) is 3.18. The predicted molar refractivity (Wildman–Crippen MR) is 54.9 cm³/mol. The molecule has 0 fully saturated rings. The van der Waals surface area contributed by atoms with Gasteiger partial charge in [-0.3, -0.25) is 0 Å². The van der Waals surface area contributed by atoms with Crippen LogP contribution in [0.3, 0.4) is 0 Å². The average Bonchev–Trinajstić information content (AvgIpc) is 2.08. The second kappa shape index (κ2) is 4.18.